The van der Waals surface area contributed by atoms with Crippen LogP contribution < -0.4 is 0 Å². The van der Waals surface area contributed by atoms with Crippen molar-refractivity contribution >= 4 is 10.9 Å². The third-order valence-corrected chi connectivity index (χ3v) is 4.05. The second kappa shape index (κ2) is 5.53. The summed E-state index contributed by atoms with van der Waals surface area (Å²) < 4.78 is 2.33. The van der Waals surface area contributed by atoms with Crippen LogP contribution in [0.15, 0.2) is 91.1 Å². The number of hydrogen-bond acceptors (Lipinski definition) is 0. The first-order valence-electron chi connectivity index (χ1n) is 7.50. The van der Waals surface area contributed by atoms with E-state index in [0.29, 0.717) is 0 Å². The fourth-order valence-electron chi connectivity index (χ4n) is 3.04. The Morgan fingerprint density at radius 1 is 0.682 bits per heavy atom. The van der Waals surface area contributed by atoms with E-state index < -0.39 is 0 Å². The Labute approximate surface area is 130 Å². The first-order valence-corrected chi connectivity index (χ1v) is 7.50. The van der Waals surface area contributed by atoms with Crippen molar-refractivity contribution < 1.29 is 0 Å². The van der Waals surface area contributed by atoms with Crippen molar-refractivity contribution in [1.82, 2.24) is 4.57 Å². The van der Waals surface area contributed by atoms with Gasteiger partial charge in [-0.25, -0.2) is 0 Å². The van der Waals surface area contributed by atoms with E-state index in [-0.39, 0.29) is 6.04 Å². The molecule has 0 unspecified atom stereocenters. The first-order chi connectivity index (χ1) is 10.9. The summed E-state index contributed by atoms with van der Waals surface area (Å²) in [6.07, 6.45) is 2.16. The first kappa shape index (κ1) is 12.9. The molecule has 3 aromatic carbocycles. The lowest BCUT2D eigenvalue weighted by Crippen LogP contribution is -2.11. The molecule has 0 aliphatic rings. The highest BCUT2D eigenvalue weighted by Crippen LogP contribution is 2.30. The van der Waals surface area contributed by atoms with Crippen LogP contribution in [0.3, 0.4) is 0 Å². The molecule has 1 nitrogen and oxygen atoms in total. The summed E-state index contributed by atoms with van der Waals surface area (Å²) in [5.41, 5.74) is 3.78. The Bertz CT molecular complexity index is 836. The molecule has 0 aliphatic carbocycles. The summed E-state index contributed by atoms with van der Waals surface area (Å²) in [5.74, 6) is 0. The van der Waals surface area contributed by atoms with Crippen LogP contribution in [-0.2, 0) is 0 Å². The minimum Gasteiger partial charge on any atom is -0.336 e. The molecule has 0 fully saturated rings. The molecule has 0 aliphatic heterocycles. The molecule has 0 saturated heterocycles. The van der Waals surface area contributed by atoms with Gasteiger partial charge in [-0.3, -0.25) is 0 Å². The van der Waals surface area contributed by atoms with Crippen LogP contribution >= 0.6 is 0 Å². The predicted octanol–water partition coefficient (Wildman–Crippen LogP) is 5.08. The number of nitrogens with zero attached hydrogens (tertiary/aromatic N) is 1. The van der Waals surface area contributed by atoms with Gasteiger partial charge in [0.1, 0.15) is 0 Å². The van der Waals surface area contributed by atoms with Gasteiger partial charge in [0.25, 0.3) is 0 Å². The normalized spacial score (nSPS) is 11.1. The Morgan fingerprint density at radius 2 is 1.32 bits per heavy atom. The molecule has 22 heavy (non-hydrogen) atoms. The quantitative estimate of drug-likeness (QED) is 0.494. The van der Waals surface area contributed by atoms with Gasteiger partial charge in [0.15, 0.2) is 0 Å². The van der Waals surface area contributed by atoms with Crippen molar-refractivity contribution in [3.63, 3.8) is 0 Å². The molecule has 1 radical (unpaired) electrons. The average Bonchev–Trinajstić information content (AvgIpc) is 3.01. The lowest BCUT2D eigenvalue weighted by atomic mass is 9.98. The topological polar surface area (TPSA) is 4.93 Å². The molecular weight excluding hydrogens is 266 g/mol. The molecule has 1 heterocycles. The molecular formula is C21H16N. The summed E-state index contributed by atoms with van der Waals surface area (Å²) in [6, 6.07) is 33.1. The zero-order valence-electron chi connectivity index (χ0n) is 12.2. The van der Waals surface area contributed by atoms with Gasteiger partial charge in [-0.1, -0.05) is 72.8 Å². The molecule has 0 saturated carbocycles. The molecule has 0 amide bonds. The van der Waals surface area contributed by atoms with Gasteiger partial charge in [-0.15, -0.1) is 0 Å². The summed E-state index contributed by atoms with van der Waals surface area (Å²) >= 11 is 0. The number of hydrogen-bond donors (Lipinski definition) is 0. The minimum absolute atomic E-state index is 0.177. The average molecular weight is 282 g/mol. The molecule has 4 aromatic rings. The molecule has 0 N–H and O–H groups in total. The van der Waals surface area contributed by atoms with Gasteiger partial charge in [0, 0.05) is 17.1 Å². The molecule has 1 aromatic heterocycles. The van der Waals surface area contributed by atoms with Crippen molar-refractivity contribution in [1.29, 1.82) is 0 Å². The van der Waals surface area contributed by atoms with Crippen LogP contribution in [0.1, 0.15) is 17.2 Å². The van der Waals surface area contributed by atoms with Crippen molar-refractivity contribution in [2.75, 3.05) is 0 Å². The summed E-state index contributed by atoms with van der Waals surface area (Å²) in [5, 5.41) is 1.15. The minimum atomic E-state index is 0.177. The smallest absolute Gasteiger partial charge is 0.0839 e. The highest BCUT2D eigenvalue weighted by molar-refractivity contribution is 5.79. The highest BCUT2D eigenvalue weighted by atomic mass is 15.0. The van der Waals surface area contributed by atoms with Crippen LogP contribution in [0.4, 0.5) is 0 Å². The van der Waals surface area contributed by atoms with E-state index in [2.05, 4.69) is 89.6 Å². The second-order valence-electron chi connectivity index (χ2n) is 5.42. The number of benzene rings is 3. The Kier molecular flexibility index (Phi) is 3.24. The van der Waals surface area contributed by atoms with Crippen molar-refractivity contribution in [2.45, 2.75) is 6.04 Å². The van der Waals surface area contributed by atoms with Crippen LogP contribution in [-0.4, -0.2) is 4.57 Å². The molecule has 0 spiro atoms. The summed E-state index contributed by atoms with van der Waals surface area (Å²) in [7, 11) is 0. The van der Waals surface area contributed by atoms with Gasteiger partial charge in [-0.05, 0) is 29.3 Å². The maximum atomic E-state index is 3.31. The fraction of sp³-hybridized carbons (Fsp3) is 0.0476. The third kappa shape index (κ3) is 2.21. The van der Waals surface area contributed by atoms with Crippen molar-refractivity contribution in [3.05, 3.63) is 108 Å². The highest BCUT2D eigenvalue weighted by Gasteiger charge is 2.17. The number of aromatic nitrogens is 1. The van der Waals surface area contributed by atoms with Gasteiger partial charge >= 0.3 is 0 Å². The van der Waals surface area contributed by atoms with E-state index in [1.165, 1.54) is 16.6 Å². The van der Waals surface area contributed by atoms with Crippen molar-refractivity contribution in [2.24, 2.45) is 0 Å². The van der Waals surface area contributed by atoms with Gasteiger partial charge < -0.3 is 4.57 Å². The van der Waals surface area contributed by atoms with E-state index in [1.807, 2.05) is 12.1 Å². The monoisotopic (exact) mass is 282 g/mol. The fourth-order valence-corrected chi connectivity index (χ4v) is 3.04. The maximum Gasteiger partial charge on any atom is 0.0839 e. The van der Waals surface area contributed by atoms with E-state index >= 15 is 0 Å². The molecule has 4 rings (SSSR count). The van der Waals surface area contributed by atoms with E-state index in [9.17, 15) is 0 Å². The lowest BCUT2D eigenvalue weighted by molar-refractivity contribution is 0.705. The summed E-state index contributed by atoms with van der Waals surface area (Å²) in [6.45, 7) is 0. The van der Waals surface area contributed by atoms with E-state index in [0.717, 1.165) is 5.39 Å². The standard InChI is InChI=1S/C21H16N/c1-3-10-18(11-4-1)21(19-12-5-2-6-13-19)22-16-15-17-9-7-8-14-20(17)22/h1-8,10-16,21H. The molecule has 0 bridgehead atoms. The zero-order chi connectivity index (χ0) is 14.8. The lowest BCUT2D eigenvalue weighted by Gasteiger charge is -2.21. The van der Waals surface area contributed by atoms with Gasteiger partial charge in [0.2, 0.25) is 0 Å². The SMILES string of the molecule is [c]1cccc2c1ccn2C(c1ccccc1)c1ccccc1. The molecule has 105 valence electrons. The van der Waals surface area contributed by atoms with Crippen LogP contribution in [0.2, 0.25) is 0 Å². The second-order valence-corrected chi connectivity index (χ2v) is 5.42. The van der Waals surface area contributed by atoms with Crippen LogP contribution in [0.25, 0.3) is 10.9 Å². The number of fused-ring (bicyclic) bond motifs is 1. The number of rotatable bonds is 3. The van der Waals surface area contributed by atoms with Crippen LogP contribution in [0, 0.1) is 6.07 Å². The van der Waals surface area contributed by atoms with E-state index in [4.69, 9.17) is 0 Å². The summed E-state index contributed by atoms with van der Waals surface area (Å²) in [4.78, 5) is 0. The Hall–Kier alpha value is -2.80. The Morgan fingerprint density at radius 3 is 1.95 bits per heavy atom. The largest absolute Gasteiger partial charge is 0.336 e. The van der Waals surface area contributed by atoms with Crippen LogP contribution in [0.5, 0.6) is 0 Å². The third-order valence-electron chi connectivity index (χ3n) is 4.05. The maximum absolute atomic E-state index is 3.31. The zero-order valence-corrected chi connectivity index (χ0v) is 12.2. The molecule has 1 heteroatoms. The Balaban J connectivity index is 1.95. The van der Waals surface area contributed by atoms with Gasteiger partial charge in [-0.2, -0.15) is 0 Å². The molecule has 0 atom stereocenters. The van der Waals surface area contributed by atoms with Gasteiger partial charge in [0.05, 0.1) is 6.04 Å². The van der Waals surface area contributed by atoms with E-state index in [1.54, 1.807) is 0 Å². The predicted molar refractivity (Wildman–Crippen MR) is 90.9 cm³/mol. The van der Waals surface area contributed by atoms with Crippen molar-refractivity contribution in [3.8, 4) is 0 Å².